The van der Waals surface area contributed by atoms with Gasteiger partial charge >= 0.3 is 0 Å². The number of piperidine rings is 1. The number of para-hydroxylation sites is 1. The second kappa shape index (κ2) is 6.33. The molecule has 27 heavy (non-hydrogen) atoms. The quantitative estimate of drug-likeness (QED) is 0.881. The molecular formula is C20H18F2N2O3. The molecule has 2 amide bonds. The average molecular weight is 372 g/mol. The van der Waals surface area contributed by atoms with E-state index in [4.69, 9.17) is 4.74 Å². The number of halogens is 2. The van der Waals surface area contributed by atoms with Gasteiger partial charge in [0.25, 0.3) is 5.91 Å². The van der Waals surface area contributed by atoms with Gasteiger partial charge in [-0.05, 0) is 36.6 Å². The zero-order valence-corrected chi connectivity index (χ0v) is 14.7. The summed E-state index contributed by atoms with van der Waals surface area (Å²) < 4.78 is 32.9. The molecule has 2 heterocycles. The molecule has 2 aliphatic heterocycles. The van der Waals surface area contributed by atoms with Gasteiger partial charge in [-0.15, -0.1) is 0 Å². The van der Waals surface area contributed by atoms with Gasteiger partial charge in [0, 0.05) is 18.8 Å². The van der Waals surface area contributed by atoms with E-state index < -0.39 is 28.7 Å². The zero-order valence-electron chi connectivity index (χ0n) is 14.7. The molecule has 0 unspecified atom stereocenters. The van der Waals surface area contributed by atoms with E-state index in [1.807, 2.05) is 24.3 Å². The normalized spacial score (nSPS) is 21.1. The van der Waals surface area contributed by atoms with Crippen LogP contribution in [0.1, 0.15) is 28.8 Å². The fraction of sp³-hybridized carbons (Fsp3) is 0.300. The van der Waals surface area contributed by atoms with Crippen LogP contribution in [0.3, 0.4) is 0 Å². The molecular weight excluding hydrogens is 354 g/mol. The Labute approximate surface area is 154 Å². The van der Waals surface area contributed by atoms with Crippen molar-refractivity contribution in [3.05, 3.63) is 59.2 Å². The maximum Gasteiger partial charge on any atom is 0.257 e. The number of hydrogen-bond acceptors (Lipinski definition) is 3. The topological polar surface area (TPSA) is 58.6 Å². The molecule has 2 aliphatic rings. The van der Waals surface area contributed by atoms with Gasteiger partial charge < -0.3 is 15.0 Å². The summed E-state index contributed by atoms with van der Waals surface area (Å²) >= 11 is 0. The lowest BCUT2D eigenvalue weighted by atomic mass is 9.75. The highest BCUT2D eigenvalue weighted by atomic mass is 19.1. The molecule has 2 aromatic rings. The first-order valence-electron chi connectivity index (χ1n) is 8.70. The van der Waals surface area contributed by atoms with E-state index in [0.29, 0.717) is 19.4 Å². The molecule has 2 aromatic carbocycles. The summed E-state index contributed by atoms with van der Waals surface area (Å²) in [7, 11) is 1.14. The number of rotatable bonds is 2. The standard InChI is InChI=1S/C20H18F2N2O3/c1-27-17-14(21)8-7-12(16(17)22)18(25)24-10-4-9-20(11-24)13-5-2-3-6-15(13)23-19(20)26/h2-3,5-8H,4,9-11H2,1H3,(H,23,26)/t20-/m0/s1. The Balaban J connectivity index is 1.69. The summed E-state index contributed by atoms with van der Waals surface area (Å²) in [6.45, 7) is 0.545. The van der Waals surface area contributed by atoms with Crippen molar-refractivity contribution in [2.75, 3.05) is 25.5 Å². The minimum atomic E-state index is -1.03. The number of ether oxygens (including phenoxy) is 1. The third-order valence-electron chi connectivity index (χ3n) is 5.39. The molecule has 1 fully saturated rings. The minimum absolute atomic E-state index is 0.147. The maximum atomic E-state index is 14.5. The summed E-state index contributed by atoms with van der Waals surface area (Å²) in [6.07, 6.45) is 1.21. The fourth-order valence-corrected chi connectivity index (χ4v) is 4.06. The molecule has 0 aliphatic carbocycles. The van der Waals surface area contributed by atoms with Crippen molar-refractivity contribution >= 4 is 17.5 Å². The second-order valence-corrected chi connectivity index (χ2v) is 6.85. The number of fused-ring (bicyclic) bond motifs is 2. The van der Waals surface area contributed by atoms with Crippen molar-refractivity contribution in [1.82, 2.24) is 4.90 Å². The smallest absolute Gasteiger partial charge is 0.257 e. The number of carbonyl (C=O) groups is 2. The molecule has 0 radical (unpaired) electrons. The Hall–Kier alpha value is -2.96. The first kappa shape index (κ1) is 17.5. The SMILES string of the molecule is COc1c(F)ccc(C(=O)N2CCC[C@@]3(C2)C(=O)Nc2ccccc23)c1F. The highest BCUT2D eigenvalue weighted by molar-refractivity contribution is 6.07. The van der Waals surface area contributed by atoms with Gasteiger partial charge in [0.1, 0.15) is 0 Å². The number of nitrogens with zero attached hydrogens (tertiary/aromatic N) is 1. The lowest BCUT2D eigenvalue weighted by molar-refractivity contribution is -0.122. The molecule has 1 atom stereocenters. The summed E-state index contributed by atoms with van der Waals surface area (Å²) in [4.78, 5) is 27.1. The van der Waals surface area contributed by atoms with Gasteiger partial charge in [0.15, 0.2) is 17.4 Å². The van der Waals surface area contributed by atoms with Crippen molar-refractivity contribution in [2.45, 2.75) is 18.3 Å². The molecule has 1 spiro atoms. The van der Waals surface area contributed by atoms with Crippen LogP contribution < -0.4 is 10.1 Å². The number of nitrogens with one attached hydrogen (secondary N) is 1. The number of amides is 2. The predicted octanol–water partition coefficient (Wildman–Crippen LogP) is 3.10. The Morgan fingerprint density at radius 3 is 2.78 bits per heavy atom. The van der Waals surface area contributed by atoms with E-state index in [2.05, 4.69) is 5.32 Å². The van der Waals surface area contributed by atoms with E-state index in [0.717, 1.165) is 30.5 Å². The first-order valence-corrected chi connectivity index (χ1v) is 8.70. The summed E-state index contributed by atoms with van der Waals surface area (Å²) in [5.74, 6) is -3.22. The van der Waals surface area contributed by atoms with Crippen LogP contribution in [-0.2, 0) is 10.2 Å². The predicted molar refractivity (Wildman–Crippen MR) is 94.8 cm³/mol. The molecule has 7 heteroatoms. The summed E-state index contributed by atoms with van der Waals surface area (Å²) in [6, 6.07) is 9.51. The van der Waals surface area contributed by atoms with Crippen LogP contribution in [-0.4, -0.2) is 36.9 Å². The van der Waals surface area contributed by atoms with Gasteiger partial charge in [-0.3, -0.25) is 9.59 Å². The van der Waals surface area contributed by atoms with Crippen LogP contribution in [0.4, 0.5) is 14.5 Å². The maximum absolute atomic E-state index is 14.5. The molecule has 4 rings (SSSR count). The molecule has 0 bridgehead atoms. The van der Waals surface area contributed by atoms with Crippen LogP contribution in [0, 0.1) is 11.6 Å². The highest BCUT2D eigenvalue weighted by Crippen LogP contribution is 2.44. The average Bonchev–Trinajstić information content (AvgIpc) is 2.93. The van der Waals surface area contributed by atoms with Crippen molar-refractivity contribution in [3.8, 4) is 5.75 Å². The molecule has 1 saturated heterocycles. The van der Waals surface area contributed by atoms with Gasteiger partial charge in [-0.1, -0.05) is 18.2 Å². The first-order chi connectivity index (χ1) is 13.0. The van der Waals surface area contributed by atoms with Crippen LogP contribution in [0.25, 0.3) is 0 Å². The summed E-state index contributed by atoms with van der Waals surface area (Å²) in [5.41, 5.74) is 0.485. The number of benzene rings is 2. The van der Waals surface area contributed by atoms with E-state index in [1.54, 1.807) is 0 Å². The molecule has 0 aromatic heterocycles. The van der Waals surface area contributed by atoms with E-state index >= 15 is 0 Å². The lowest BCUT2D eigenvalue weighted by Gasteiger charge is -2.39. The fourth-order valence-electron chi connectivity index (χ4n) is 4.06. The third kappa shape index (κ3) is 2.57. The Morgan fingerprint density at radius 2 is 2.00 bits per heavy atom. The molecule has 140 valence electrons. The number of likely N-dealkylation sites (tertiary alicyclic amines) is 1. The monoisotopic (exact) mass is 372 g/mol. The van der Waals surface area contributed by atoms with E-state index in [9.17, 15) is 18.4 Å². The Morgan fingerprint density at radius 1 is 1.22 bits per heavy atom. The Kier molecular flexibility index (Phi) is 4.09. The molecule has 5 nitrogen and oxygen atoms in total. The van der Waals surface area contributed by atoms with Gasteiger partial charge in [0.05, 0.1) is 18.1 Å². The zero-order chi connectivity index (χ0) is 19.2. The second-order valence-electron chi connectivity index (χ2n) is 6.85. The third-order valence-corrected chi connectivity index (χ3v) is 5.39. The number of anilines is 1. The van der Waals surface area contributed by atoms with E-state index in [1.165, 1.54) is 4.90 Å². The van der Waals surface area contributed by atoms with Crippen LogP contribution in [0.15, 0.2) is 36.4 Å². The highest BCUT2D eigenvalue weighted by Gasteiger charge is 2.50. The summed E-state index contributed by atoms with van der Waals surface area (Å²) in [5, 5.41) is 2.87. The van der Waals surface area contributed by atoms with Crippen molar-refractivity contribution in [3.63, 3.8) is 0 Å². The Bertz CT molecular complexity index is 947. The largest absolute Gasteiger partial charge is 0.491 e. The van der Waals surface area contributed by atoms with E-state index in [-0.39, 0.29) is 18.0 Å². The van der Waals surface area contributed by atoms with Gasteiger partial charge in [-0.25, -0.2) is 8.78 Å². The number of hydrogen-bond donors (Lipinski definition) is 1. The van der Waals surface area contributed by atoms with Gasteiger partial charge in [0.2, 0.25) is 5.91 Å². The molecule has 0 saturated carbocycles. The lowest BCUT2D eigenvalue weighted by Crippen LogP contribution is -2.52. The molecule has 1 N–H and O–H groups in total. The number of carbonyl (C=O) groups excluding carboxylic acids is 2. The minimum Gasteiger partial charge on any atom is -0.491 e. The van der Waals surface area contributed by atoms with Crippen molar-refractivity contribution in [1.29, 1.82) is 0 Å². The van der Waals surface area contributed by atoms with Gasteiger partial charge in [-0.2, -0.15) is 0 Å². The van der Waals surface area contributed by atoms with Crippen LogP contribution in [0.2, 0.25) is 0 Å². The van der Waals surface area contributed by atoms with Crippen molar-refractivity contribution in [2.24, 2.45) is 0 Å². The number of methoxy groups -OCH3 is 1. The van der Waals surface area contributed by atoms with Crippen LogP contribution in [0.5, 0.6) is 5.75 Å². The van der Waals surface area contributed by atoms with Crippen molar-refractivity contribution < 1.29 is 23.1 Å². The van der Waals surface area contributed by atoms with Crippen LogP contribution >= 0.6 is 0 Å².